The Morgan fingerprint density at radius 1 is 0.967 bits per heavy atom. The third-order valence-corrected chi connectivity index (χ3v) is 5.76. The molecular weight excluding hydrogens is 425 g/mol. The second-order valence-electron chi connectivity index (χ2n) is 6.98. The number of ether oxygens (including phenoxy) is 3. The largest absolute Gasteiger partial charge is 0.493 e. The van der Waals surface area contributed by atoms with Crippen molar-refractivity contribution in [2.45, 2.75) is 19.3 Å². The van der Waals surface area contributed by atoms with E-state index in [4.69, 9.17) is 42.5 Å². The molecule has 0 saturated heterocycles. The molecule has 1 aliphatic heterocycles. The first-order valence-electron chi connectivity index (χ1n) is 9.69. The molecule has 0 amide bonds. The van der Waals surface area contributed by atoms with Crippen molar-refractivity contribution in [1.82, 2.24) is 9.78 Å². The molecule has 158 valence electrons. The number of fused-ring (bicyclic) bond motifs is 1. The highest BCUT2D eigenvalue weighted by Gasteiger charge is 2.25. The Morgan fingerprint density at radius 2 is 1.70 bits per heavy atom. The maximum absolute atomic E-state index is 6.50. The van der Waals surface area contributed by atoms with Crippen molar-refractivity contribution in [2.75, 3.05) is 33.2 Å². The topological polar surface area (TPSA) is 57.5 Å². The molecule has 6 nitrogen and oxygen atoms in total. The average molecular weight is 448 g/mol. The van der Waals surface area contributed by atoms with Crippen LogP contribution in [-0.2, 0) is 6.42 Å². The average Bonchev–Trinajstić information content (AvgIpc) is 2.94. The number of aromatic nitrogens is 2. The molecule has 1 N–H and O–H groups in total. The van der Waals surface area contributed by atoms with E-state index in [9.17, 15) is 0 Å². The lowest BCUT2D eigenvalue weighted by Crippen LogP contribution is -2.07. The Labute approximate surface area is 185 Å². The van der Waals surface area contributed by atoms with Gasteiger partial charge in [0.1, 0.15) is 5.82 Å². The molecule has 2 heterocycles. The molecule has 2 aromatic carbocycles. The van der Waals surface area contributed by atoms with Crippen molar-refractivity contribution in [3.05, 3.63) is 45.9 Å². The lowest BCUT2D eigenvalue weighted by molar-refractivity contribution is 0.324. The number of nitrogens with zero attached hydrogens (tertiary/aromatic N) is 2. The van der Waals surface area contributed by atoms with Gasteiger partial charge in [-0.2, -0.15) is 5.10 Å². The predicted molar refractivity (Wildman–Crippen MR) is 120 cm³/mol. The second kappa shape index (κ2) is 8.66. The van der Waals surface area contributed by atoms with Crippen molar-refractivity contribution >= 4 is 29.0 Å². The minimum absolute atomic E-state index is 0.547. The van der Waals surface area contributed by atoms with Gasteiger partial charge in [0.2, 0.25) is 5.75 Å². The summed E-state index contributed by atoms with van der Waals surface area (Å²) >= 11 is 12.8. The number of hydrogen-bond acceptors (Lipinski definition) is 5. The number of rotatable bonds is 5. The minimum Gasteiger partial charge on any atom is -0.493 e. The number of benzene rings is 2. The molecule has 1 aliphatic rings. The molecule has 1 aromatic heterocycles. The first kappa shape index (κ1) is 20.7. The summed E-state index contributed by atoms with van der Waals surface area (Å²) in [6, 6.07) is 9.20. The van der Waals surface area contributed by atoms with Crippen molar-refractivity contribution < 1.29 is 14.2 Å². The summed E-state index contributed by atoms with van der Waals surface area (Å²) in [5, 5.41) is 9.64. The summed E-state index contributed by atoms with van der Waals surface area (Å²) in [7, 11) is 4.80. The van der Waals surface area contributed by atoms with Crippen molar-refractivity contribution in [2.24, 2.45) is 0 Å². The Morgan fingerprint density at radius 3 is 2.37 bits per heavy atom. The quantitative estimate of drug-likeness (QED) is 0.549. The van der Waals surface area contributed by atoms with Crippen LogP contribution in [0.15, 0.2) is 30.3 Å². The van der Waals surface area contributed by atoms with Gasteiger partial charge in [0.05, 0.1) is 37.7 Å². The molecule has 0 atom stereocenters. The van der Waals surface area contributed by atoms with E-state index < -0.39 is 0 Å². The van der Waals surface area contributed by atoms with Gasteiger partial charge in [0.15, 0.2) is 11.5 Å². The summed E-state index contributed by atoms with van der Waals surface area (Å²) in [6.45, 7) is 0.867. The van der Waals surface area contributed by atoms with Crippen LogP contribution in [0, 0.1) is 0 Å². The van der Waals surface area contributed by atoms with Gasteiger partial charge in [-0.15, -0.1) is 0 Å². The van der Waals surface area contributed by atoms with Crippen LogP contribution in [0.3, 0.4) is 0 Å². The second-order valence-corrected chi connectivity index (χ2v) is 7.82. The normalized spacial score (nSPS) is 13.2. The molecule has 0 bridgehead atoms. The van der Waals surface area contributed by atoms with Crippen LogP contribution in [0.2, 0.25) is 10.0 Å². The van der Waals surface area contributed by atoms with E-state index in [0.29, 0.717) is 27.3 Å². The summed E-state index contributed by atoms with van der Waals surface area (Å²) in [5.41, 5.74) is 3.57. The van der Waals surface area contributed by atoms with E-state index in [2.05, 4.69) is 5.32 Å². The first-order chi connectivity index (χ1) is 14.6. The number of methoxy groups -OCH3 is 3. The van der Waals surface area contributed by atoms with Crippen LogP contribution in [0.4, 0.5) is 5.82 Å². The summed E-state index contributed by atoms with van der Waals surface area (Å²) < 4.78 is 18.4. The Balaban J connectivity index is 1.96. The summed E-state index contributed by atoms with van der Waals surface area (Å²) in [4.78, 5) is 0. The highest BCUT2D eigenvalue weighted by atomic mass is 35.5. The van der Waals surface area contributed by atoms with E-state index in [1.54, 1.807) is 33.5 Å². The Hall–Kier alpha value is -2.57. The number of anilines is 1. The van der Waals surface area contributed by atoms with Gasteiger partial charge in [-0.25, -0.2) is 4.68 Å². The van der Waals surface area contributed by atoms with E-state index in [1.165, 1.54) is 0 Å². The van der Waals surface area contributed by atoms with E-state index >= 15 is 0 Å². The van der Waals surface area contributed by atoms with Crippen molar-refractivity contribution in [3.63, 3.8) is 0 Å². The van der Waals surface area contributed by atoms with Crippen LogP contribution in [0.1, 0.15) is 18.4 Å². The lowest BCUT2D eigenvalue weighted by atomic mass is 10.0. The smallest absolute Gasteiger partial charge is 0.203 e. The Kier molecular flexibility index (Phi) is 5.97. The SMILES string of the molecule is COc1cc(-c2nn(-c3cc(Cl)ccc3Cl)c3c2CCCCN3)cc(OC)c1OC. The van der Waals surface area contributed by atoms with Crippen LogP contribution < -0.4 is 19.5 Å². The maximum Gasteiger partial charge on any atom is 0.203 e. The van der Waals surface area contributed by atoms with Gasteiger partial charge in [0, 0.05) is 22.7 Å². The monoisotopic (exact) mass is 447 g/mol. The van der Waals surface area contributed by atoms with Crippen LogP contribution in [-0.4, -0.2) is 37.7 Å². The fourth-order valence-corrected chi connectivity index (χ4v) is 4.14. The van der Waals surface area contributed by atoms with Gasteiger partial charge in [-0.05, 0) is 49.6 Å². The summed E-state index contributed by atoms with van der Waals surface area (Å²) in [5.74, 6) is 2.64. The first-order valence-corrected chi connectivity index (χ1v) is 10.4. The van der Waals surface area contributed by atoms with E-state index in [0.717, 1.165) is 54.1 Å². The third kappa shape index (κ3) is 3.66. The van der Waals surface area contributed by atoms with E-state index in [-0.39, 0.29) is 0 Å². The van der Waals surface area contributed by atoms with Gasteiger partial charge in [-0.1, -0.05) is 23.2 Å². The molecule has 0 saturated carbocycles. The predicted octanol–water partition coefficient (Wildman–Crippen LogP) is 5.62. The molecule has 3 aromatic rings. The molecule has 0 radical (unpaired) electrons. The molecular formula is C22H23Cl2N3O3. The maximum atomic E-state index is 6.50. The lowest BCUT2D eigenvalue weighted by Gasteiger charge is -2.14. The fourth-order valence-electron chi connectivity index (χ4n) is 3.77. The van der Waals surface area contributed by atoms with Crippen LogP contribution in [0.25, 0.3) is 16.9 Å². The number of nitrogens with one attached hydrogen (secondary N) is 1. The zero-order valence-corrected chi connectivity index (χ0v) is 18.6. The highest BCUT2D eigenvalue weighted by molar-refractivity contribution is 6.34. The molecule has 0 spiro atoms. The summed E-state index contributed by atoms with van der Waals surface area (Å²) in [6.07, 6.45) is 3.03. The number of hydrogen-bond donors (Lipinski definition) is 1. The van der Waals surface area contributed by atoms with Gasteiger partial charge in [0.25, 0.3) is 0 Å². The Bertz CT molecular complexity index is 1060. The zero-order chi connectivity index (χ0) is 21.3. The molecule has 0 unspecified atom stereocenters. The number of halogens is 2. The molecule has 4 rings (SSSR count). The fraction of sp³-hybridized carbons (Fsp3) is 0.318. The third-order valence-electron chi connectivity index (χ3n) is 5.20. The minimum atomic E-state index is 0.547. The highest BCUT2D eigenvalue weighted by Crippen LogP contribution is 2.43. The van der Waals surface area contributed by atoms with Crippen molar-refractivity contribution in [1.29, 1.82) is 0 Å². The van der Waals surface area contributed by atoms with Crippen LogP contribution >= 0.6 is 23.2 Å². The van der Waals surface area contributed by atoms with Gasteiger partial charge < -0.3 is 19.5 Å². The van der Waals surface area contributed by atoms with Crippen LogP contribution in [0.5, 0.6) is 17.2 Å². The van der Waals surface area contributed by atoms with Gasteiger partial charge >= 0.3 is 0 Å². The molecule has 30 heavy (non-hydrogen) atoms. The van der Waals surface area contributed by atoms with Crippen molar-refractivity contribution in [3.8, 4) is 34.2 Å². The zero-order valence-electron chi connectivity index (χ0n) is 17.1. The standard InChI is InChI=1S/C22H23Cl2N3O3/c1-28-18-10-13(11-19(29-2)21(18)30-3)20-15-6-4-5-9-25-22(15)27(26-20)17-12-14(23)7-8-16(17)24/h7-8,10-12,25H,4-6,9H2,1-3H3. The van der Waals surface area contributed by atoms with E-state index in [1.807, 2.05) is 22.9 Å². The molecule has 0 fully saturated rings. The van der Waals surface area contributed by atoms with Gasteiger partial charge in [-0.3, -0.25) is 0 Å². The molecule has 8 heteroatoms. The molecule has 0 aliphatic carbocycles.